The van der Waals surface area contributed by atoms with Crippen LogP contribution < -0.4 is 10.1 Å². The molecule has 0 bridgehead atoms. The van der Waals surface area contributed by atoms with E-state index in [-0.39, 0.29) is 21.1 Å². The van der Waals surface area contributed by atoms with E-state index in [0.29, 0.717) is 19.6 Å². The first-order valence-electron chi connectivity index (χ1n) is 10.5. The maximum atomic E-state index is 13.1. The number of methoxy groups -OCH3 is 1. The van der Waals surface area contributed by atoms with Crippen molar-refractivity contribution in [2.45, 2.75) is 48.8 Å². The SMILES string of the molecule is COc1ccccc1C1(CNC(=O)c2sccc2S(=O)(=O)N2CCCC2)CCCC1. The summed E-state index contributed by atoms with van der Waals surface area (Å²) in [5.41, 5.74) is 0.925. The summed E-state index contributed by atoms with van der Waals surface area (Å²) in [6.07, 6.45) is 5.87. The molecule has 0 radical (unpaired) electrons. The summed E-state index contributed by atoms with van der Waals surface area (Å²) >= 11 is 1.19. The highest BCUT2D eigenvalue weighted by Crippen LogP contribution is 2.44. The third kappa shape index (κ3) is 3.88. The fraction of sp³-hybridized carbons (Fsp3) is 0.500. The van der Waals surface area contributed by atoms with E-state index in [1.165, 1.54) is 15.6 Å². The molecule has 0 spiro atoms. The van der Waals surface area contributed by atoms with Gasteiger partial charge in [-0.15, -0.1) is 11.3 Å². The van der Waals surface area contributed by atoms with Crippen LogP contribution in [0.15, 0.2) is 40.6 Å². The Bertz CT molecular complexity index is 1000. The molecular formula is C22H28N2O4S2. The van der Waals surface area contributed by atoms with Gasteiger partial charge in [0.25, 0.3) is 5.91 Å². The summed E-state index contributed by atoms with van der Waals surface area (Å²) in [6, 6.07) is 9.53. The fourth-order valence-corrected chi connectivity index (χ4v) is 7.57. The topological polar surface area (TPSA) is 75.7 Å². The Morgan fingerprint density at radius 3 is 2.53 bits per heavy atom. The molecule has 2 heterocycles. The minimum Gasteiger partial charge on any atom is -0.496 e. The van der Waals surface area contributed by atoms with Crippen LogP contribution in [0.5, 0.6) is 5.75 Å². The molecule has 1 aromatic heterocycles. The van der Waals surface area contributed by atoms with Crippen molar-refractivity contribution in [2.24, 2.45) is 0 Å². The van der Waals surface area contributed by atoms with Crippen LogP contribution in [0.2, 0.25) is 0 Å². The molecule has 162 valence electrons. The van der Waals surface area contributed by atoms with Crippen LogP contribution in [0.3, 0.4) is 0 Å². The van der Waals surface area contributed by atoms with Crippen LogP contribution in [0, 0.1) is 0 Å². The maximum absolute atomic E-state index is 13.1. The minimum atomic E-state index is -3.62. The summed E-state index contributed by atoms with van der Waals surface area (Å²) in [5, 5.41) is 4.74. The number of nitrogens with zero attached hydrogens (tertiary/aromatic N) is 1. The van der Waals surface area contributed by atoms with Gasteiger partial charge in [0.2, 0.25) is 10.0 Å². The molecule has 1 amide bonds. The maximum Gasteiger partial charge on any atom is 0.262 e. The Kier molecular flexibility index (Phi) is 6.18. The third-order valence-corrected chi connectivity index (χ3v) is 9.33. The first-order chi connectivity index (χ1) is 14.5. The van der Waals surface area contributed by atoms with E-state index < -0.39 is 10.0 Å². The summed E-state index contributed by atoms with van der Waals surface area (Å²) in [5.74, 6) is 0.519. The third-order valence-electron chi connectivity index (χ3n) is 6.34. The van der Waals surface area contributed by atoms with Crippen molar-refractivity contribution in [2.75, 3.05) is 26.7 Å². The number of carbonyl (C=O) groups is 1. The molecule has 1 aliphatic carbocycles. The van der Waals surface area contributed by atoms with Crippen LogP contribution in [-0.4, -0.2) is 45.4 Å². The Labute approximate surface area is 182 Å². The second-order valence-electron chi connectivity index (χ2n) is 8.10. The first-order valence-corrected chi connectivity index (χ1v) is 12.8. The van der Waals surface area contributed by atoms with Gasteiger partial charge in [0.15, 0.2) is 0 Å². The molecule has 1 saturated heterocycles. The van der Waals surface area contributed by atoms with Crippen molar-refractivity contribution in [1.82, 2.24) is 9.62 Å². The number of amides is 1. The Morgan fingerprint density at radius 2 is 1.83 bits per heavy atom. The van der Waals surface area contributed by atoms with Gasteiger partial charge in [-0.25, -0.2) is 8.42 Å². The highest BCUT2D eigenvalue weighted by Gasteiger charge is 2.39. The highest BCUT2D eigenvalue weighted by molar-refractivity contribution is 7.89. The van der Waals surface area contributed by atoms with Crippen molar-refractivity contribution in [1.29, 1.82) is 0 Å². The van der Waals surface area contributed by atoms with Gasteiger partial charge in [0.1, 0.15) is 15.5 Å². The Morgan fingerprint density at radius 1 is 1.13 bits per heavy atom. The first kappa shape index (κ1) is 21.3. The van der Waals surface area contributed by atoms with Crippen molar-refractivity contribution in [3.63, 3.8) is 0 Å². The van der Waals surface area contributed by atoms with Gasteiger partial charge in [-0.2, -0.15) is 4.31 Å². The van der Waals surface area contributed by atoms with E-state index in [1.54, 1.807) is 18.6 Å². The number of hydrogen-bond acceptors (Lipinski definition) is 5. The number of para-hydroxylation sites is 1. The largest absolute Gasteiger partial charge is 0.496 e. The molecule has 2 fully saturated rings. The van der Waals surface area contributed by atoms with Gasteiger partial charge in [-0.3, -0.25) is 4.79 Å². The van der Waals surface area contributed by atoms with Gasteiger partial charge < -0.3 is 10.1 Å². The number of thiophene rings is 1. The number of hydrogen-bond donors (Lipinski definition) is 1. The number of benzene rings is 1. The van der Waals surface area contributed by atoms with Crippen LogP contribution in [0.25, 0.3) is 0 Å². The van der Waals surface area contributed by atoms with Crippen molar-refractivity contribution in [3.05, 3.63) is 46.2 Å². The van der Waals surface area contributed by atoms with Gasteiger partial charge in [0, 0.05) is 30.6 Å². The second kappa shape index (κ2) is 8.69. The van der Waals surface area contributed by atoms with E-state index >= 15 is 0 Å². The summed E-state index contributed by atoms with van der Waals surface area (Å²) in [4.78, 5) is 13.5. The molecule has 1 N–H and O–H groups in total. The molecule has 1 aromatic carbocycles. The van der Waals surface area contributed by atoms with Crippen molar-refractivity contribution in [3.8, 4) is 5.75 Å². The summed E-state index contributed by atoms with van der Waals surface area (Å²) in [6.45, 7) is 1.51. The molecule has 1 saturated carbocycles. The summed E-state index contributed by atoms with van der Waals surface area (Å²) < 4.78 is 33.0. The molecule has 6 nitrogen and oxygen atoms in total. The quantitative estimate of drug-likeness (QED) is 0.699. The number of rotatable bonds is 7. The molecule has 4 rings (SSSR count). The van der Waals surface area contributed by atoms with Crippen molar-refractivity contribution < 1.29 is 17.9 Å². The van der Waals surface area contributed by atoms with Gasteiger partial charge in [0.05, 0.1) is 7.11 Å². The lowest BCUT2D eigenvalue weighted by atomic mass is 9.78. The number of sulfonamides is 1. The average molecular weight is 449 g/mol. The van der Waals surface area contributed by atoms with E-state index in [4.69, 9.17) is 4.74 Å². The van der Waals surface area contributed by atoms with E-state index in [1.807, 2.05) is 18.2 Å². The molecule has 2 aliphatic rings. The molecule has 0 unspecified atom stereocenters. The van der Waals surface area contributed by atoms with Gasteiger partial charge in [-0.05, 0) is 43.2 Å². The van der Waals surface area contributed by atoms with Crippen LogP contribution in [-0.2, 0) is 15.4 Å². The average Bonchev–Trinajstić information content (AvgIpc) is 3.53. The van der Waals surface area contributed by atoms with Crippen LogP contribution >= 0.6 is 11.3 Å². The summed E-state index contributed by atoms with van der Waals surface area (Å²) in [7, 11) is -1.96. The molecular weight excluding hydrogens is 420 g/mol. The van der Waals surface area contributed by atoms with Crippen LogP contribution in [0.4, 0.5) is 0 Å². The second-order valence-corrected chi connectivity index (χ2v) is 10.9. The van der Waals surface area contributed by atoms with E-state index in [2.05, 4.69) is 11.4 Å². The van der Waals surface area contributed by atoms with Crippen LogP contribution in [0.1, 0.15) is 53.8 Å². The number of carbonyl (C=O) groups excluding carboxylic acids is 1. The highest BCUT2D eigenvalue weighted by atomic mass is 32.2. The number of ether oxygens (including phenoxy) is 1. The molecule has 0 atom stereocenters. The zero-order valence-electron chi connectivity index (χ0n) is 17.2. The Hall–Kier alpha value is -1.90. The normalized spacial score (nSPS) is 19.1. The molecule has 8 heteroatoms. The zero-order valence-corrected chi connectivity index (χ0v) is 18.9. The van der Waals surface area contributed by atoms with E-state index in [0.717, 1.165) is 49.8 Å². The smallest absolute Gasteiger partial charge is 0.262 e. The molecule has 1 aliphatic heterocycles. The predicted octanol–water partition coefficient (Wildman–Crippen LogP) is 3.78. The lowest BCUT2D eigenvalue weighted by Crippen LogP contribution is -2.39. The fourth-order valence-electron chi connectivity index (χ4n) is 4.74. The molecule has 2 aromatic rings. The zero-order chi connectivity index (χ0) is 21.2. The van der Waals surface area contributed by atoms with E-state index in [9.17, 15) is 13.2 Å². The monoisotopic (exact) mass is 448 g/mol. The standard InChI is InChI=1S/C22H28N2O4S2/c1-28-18-9-3-2-8-17(18)22(11-4-5-12-22)16-23-21(25)20-19(10-15-29-20)30(26,27)24-13-6-7-14-24/h2-3,8-10,15H,4-7,11-14,16H2,1H3,(H,23,25). The Balaban J connectivity index is 1.56. The molecule has 30 heavy (non-hydrogen) atoms. The van der Waals surface area contributed by atoms with Gasteiger partial charge in [-0.1, -0.05) is 31.0 Å². The minimum absolute atomic E-state index is 0.129. The lowest BCUT2D eigenvalue weighted by Gasteiger charge is -2.31. The number of nitrogens with one attached hydrogen (secondary N) is 1. The predicted molar refractivity (Wildman–Crippen MR) is 118 cm³/mol. The van der Waals surface area contributed by atoms with Crippen molar-refractivity contribution >= 4 is 27.3 Å². The lowest BCUT2D eigenvalue weighted by molar-refractivity contribution is 0.0943. The van der Waals surface area contributed by atoms with Gasteiger partial charge >= 0.3 is 0 Å².